The van der Waals surface area contributed by atoms with Crippen molar-refractivity contribution < 1.29 is 18.3 Å². The summed E-state index contributed by atoms with van der Waals surface area (Å²) in [5, 5.41) is 14.6. The van der Waals surface area contributed by atoms with Gasteiger partial charge in [-0.3, -0.25) is 0 Å². The van der Waals surface area contributed by atoms with E-state index in [1.54, 1.807) is 0 Å². The summed E-state index contributed by atoms with van der Waals surface area (Å²) in [6.45, 7) is 11.5. The van der Waals surface area contributed by atoms with Gasteiger partial charge in [0.15, 0.2) is 0 Å². The maximum Gasteiger partial charge on any atom is 0.218 e. The molecule has 0 amide bonds. The maximum absolute atomic E-state index is 11.8. The van der Waals surface area contributed by atoms with Gasteiger partial charge in [0, 0.05) is 19.8 Å². The summed E-state index contributed by atoms with van der Waals surface area (Å²) in [5.41, 5.74) is 0.274. The fourth-order valence-electron chi connectivity index (χ4n) is 3.64. The SMILES string of the molecule is C=CC(CC)(CCCCOCCCCC(CC)(CC)CCO)S(N)(=O)=O. The van der Waals surface area contributed by atoms with E-state index in [-0.39, 0.29) is 12.0 Å². The highest BCUT2D eigenvalue weighted by molar-refractivity contribution is 7.90. The lowest BCUT2D eigenvalue weighted by atomic mass is 9.75. The van der Waals surface area contributed by atoms with Crippen molar-refractivity contribution in [2.24, 2.45) is 10.6 Å². The molecule has 3 N–H and O–H groups in total. The molecule has 6 heteroatoms. The summed E-state index contributed by atoms with van der Waals surface area (Å²) in [6, 6.07) is 0. The van der Waals surface area contributed by atoms with Gasteiger partial charge in [-0.15, -0.1) is 6.58 Å². The Morgan fingerprint density at radius 3 is 1.88 bits per heavy atom. The van der Waals surface area contributed by atoms with Crippen LogP contribution in [0.1, 0.15) is 85.0 Å². The van der Waals surface area contributed by atoms with Crippen LogP contribution in [-0.4, -0.2) is 38.1 Å². The van der Waals surface area contributed by atoms with E-state index < -0.39 is 14.8 Å². The molecule has 0 saturated heterocycles. The van der Waals surface area contributed by atoms with Crippen molar-refractivity contribution in [1.29, 1.82) is 0 Å². The van der Waals surface area contributed by atoms with Crippen LogP contribution in [0.2, 0.25) is 0 Å². The Kier molecular flexibility index (Phi) is 12.7. The van der Waals surface area contributed by atoms with Gasteiger partial charge in [-0.25, -0.2) is 13.6 Å². The normalized spacial score (nSPS) is 15.0. The Bertz CT molecular complexity index is 474. The zero-order valence-corrected chi connectivity index (χ0v) is 18.0. The summed E-state index contributed by atoms with van der Waals surface area (Å²) in [6.07, 6.45) is 10.4. The second-order valence-electron chi connectivity index (χ2n) is 7.37. The summed E-state index contributed by atoms with van der Waals surface area (Å²) < 4.78 is 28.3. The van der Waals surface area contributed by atoms with Gasteiger partial charge >= 0.3 is 0 Å². The van der Waals surface area contributed by atoms with Crippen molar-refractivity contribution in [1.82, 2.24) is 0 Å². The van der Waals surface area contributed by atoms with Gasteiger partial charge in [0.2, 0.25) is 10.0 Å². The van der Waals surface area contributed by atoms with E-state index in [1.165, 1.54) is 6.08 Å². The van der Waals surface area contributed by atoms with Crippen LogP contribution < -0.4 is 5.14 Å². The average Bonchev–Trinajstić information content (AvgIpc) is 2.61. The zero-order chi connectivity index (χ0) is 20.1. The van der Waals surface area contributed by atoms with Crippen molar-refractivity contribution in [3.8, 4) is 0 Å². The van der Waals surface area contributed by atoms with Gasteiger partial charge in [0.25, 0.3) is 0 Å². The molecule has 0 aromatic heterocycles. The van der Waals surface area contributed by atoms with Crippen molar-refractivity contribution in [2.75, 3.05) is 19.8 Å². The number of hydrogen-bond donors (Lipinski definition) is 2. The van der Waals surface area contributed by atoms with E-state index in [4.69, 9.17) is 9.88 Å². The Morgan fingerprint density at radius 1 is 0.962 bits per heavy atom. The molecule has 1 atom stereocenters. The number of primary sulfonamides is 1. The van der Waals surface area contributed by atoms with Gasteiger partial charge in [-0.05, 0) is 50.4 Å². The van der Waals surface area contributed by atoms with Crippen molar-refractivity contribution in [3.63, 3.8) is 0 Å². The number of aliphatic hydroxyl groups is 1. The first-order chi connectivity index (χ1) is 12.3. The summed E-state index contributed by atoms with van der Waals surface area (Å²) in [7, 11) is -3.63. The molecule has 1 unspecified atom stereocenters. The van der Waals surface area contributed by atoms with Crippen LogP contribution in [-0.2, 0) is 14.8 Å². The van der Waals surface area contributed by atoms with E-state index in [2.05, 4.69) is 20.4 Å². The van der Waals surface area contributed by atoms with Crippen LogP contribution in [0.3, 0.4) is 0 Å². The molecule has 0 aliphatic heterocycles. The summed E-state index contributed by atoms with van der Waals surface area (Å²) >= 11 is 0. The Morgan fingerprint density at radius 2 is 1.50 bits per heavy atom. The molecule has 0 aliphatic carbocycles. The molecule has 5 nitrogen and oxygen atoms in total. The van der Waals surface area contributed by atoms with Crippen LogP contribution >= 0.6 is 0 Å². The highest BCUT2D eigenvalue weighted by Crippen LogP contribution is 2.35. The van der Waals surface area contributed by atoms with E-state index in [0.717, 1.165) is 58.0 Å². The van der Waals surface area contributed by atoms with Crippen LogP contribution in [0, 0.1) is 5.41 Å². The Labute approximate surface area is 161 Å². The number of rotatable bonds is 17. The zero-order valence-electron chi connectivity index (χ0n) is 17.1. The Hall–Kier alpha value is -0.430. The fourth-order valence-corrected chi connectivity index (χ4v) is 4.70. The van der Waals surface area contributed by atoms with E-state index >= 15 is 0 Å². The summed E-state index contributed by atoms with van der Waals surface area (Å²) in [4.78, 5) is 0. The third-order valence-corrected chi connectivity index (χ3v) is 7.86. The predicted molar refractivity (Wildman–Crippen MR) is 110 cm³/mol. The van der Waals surface area contributed by atoms with Crippen LogP contribution in [0.5, 0.6) is 0 Å². The minimum Gasteiger partial charge on any atom is -0.396 e. The minimum absolute atomic E-state index is 0.265. The molecule has 156 valence electrons. The molecule has 0 fully saturated rings. The highest BCUT2D eigenvalue weighted by Gasteiger charge is 2.35. The standard InChI is InChI=1S/C20H41NO4S/c1-5-19(6-2,15-16-22)13-9-11-17-25-18-12-10-14-20(7-3,8-4)26(21,23)24/h7,22H,3,5-6,8-18H2,1-2,4H3,(H2,21,23,24). The number of aliphatic hydroxyl groups excluding tert-OH is 1. The van der Waals surface area contributed by atoms with E-state index in [9.17, 15) is 13.5 Å². The fraction of sp³-hybridized carbons (Fsp3) is 0.900. The van der Waals surface area contributed by atoms with E-state index in [0.29, 0.717) is 19.4 Å². The number of nitrogens with two attached hydrogens (primary N) is 1. The van der Waals surface area contributed by atoms with Gasteiger partial charge in [0.1, 0.15) is 4.75 Å². The quantitative estimate of drug-likeness (QED) is 0.288. The van der Waals surface area contributed by atoms with Gasteiger partial charge in [-0.2, -0.15) is 0 Å². The smallest absolute Gasteiger partial charge is 0.218 e. The third-order valence-electron chi connectivity index (χ3n) is 6.06. The average molecular weight is 392 g/mol. The van der Waals surface area contributed by atoms with Gasteiger partial charge in [-0.1, -0.05) is 46.1 Å². The first kappa shape index (κ1) is 25.6. The van der Waals surface area contributed by atoms with Gasteiger partial charge < -0.3 is 9.84 Å². The summed E-state index contributed by atoms with van der Waals surface area (Å²) in [5.74, 6) is 0. The van der Waals surface area contributed by atoms with Crippen LogP contribution in [0.15, 0.2) is 12.7 Å². The molecule has 0 bridgehead atoms. The topological polar surface area (TPSA) is 89.6 Å². The molecule has 0 saturated carbocycles. The minimum atomic E-state index is -3.63. The molecular weight excluding hydrogens is 350 g/mol. The number of ether oxygens (including phenoxy) is 1. The molecule has 0 aromatic carbocycles. The molecule has 0 heterocycles. The molecular formula is C20H41NO4S. The molecule has 0 aromatic rings. The van der Waals surface area contributed by atoms with Crippen molar-refractivity contribution >= 4 is 10.0 Å². The number of unbranched alkanes of at least 4 members (excludes halogenated alkanes) is 2. The molecule has 26 heavy (non-hydrogen) atoms. The second kappa shape index (κ2) is 12.9. The first-order valence-corrected chi connectivity index (χ1v) is 11.7. The molecule has 0 radical (unpaired) electrons. The van der Waals surface area contributed by atoms with Crippen molar-refractivity contribution in [3.05, 3.63) is 12.7 Å². The van der Waals surface area contributed by atoms with E-state index in [1.807, 2.05) is 6.92 Å². The lowest BCUT2D eigenvalue weighted by Gasteiger charge is -2.31. The lowest BCUT2D eigenvalue weighted by molar-refractivity contribution is 0.114. The number of hydrogen-bond acceptors (Lipinski definition) is 4. The molecule has 0 rings (SSSR count). The predicted octanol–water partition coefficient (Wildman–Crippen LogP) is 4.16. The Balaban J connectivity index is 3.97. The third kappa shape index (κ3) is 8.07. The first-order valence-electron chi connectivity index (χ1n) is 10.1. The maximum atomic E-state index is 11.8. The highest BCUT2D eigenvalue weighted by atomic mass is 32.2. The van der Waals surface area contributed by atoms with Gasteiger partial charge in [0.05, 0.1) is 0 Å². The van der Waals surface area contributed by atoms with Crippen LogP contribution in [0.25, 0.3) is 0 Å². The molecule has 0 spiro atoms. The lowest BCUT2D eigenvalue weighted by Crippen LogP contribution is -2.41. The van der Waals surface area contributed by atoms with Crippen LogP contribution in [0.4, 0.5) is 0 Å². The second-order valence-corrected chi connectivity index (χ2v) is 9.28. The van der Waals surface area contributed by atoms with Crippen molar-refractivity contribution in [2.45, 2.75) is 89.7 Å². The number of sulfonamides is 1. The largest absolute Gasteiger partial charge is 0.396 e. The molecule has 0 aliphatic rings. The monoisotopic (exact) mass is 391 g/mol.